The number of rotatable bonds is 6. The summed E-state index contributed by atoms with van der Waals surface area (Å²) in [7, 11) is 0. The molecule has 1 unspecified atom stereocenters. The van der Waals surface area contributed by atoms with E-state index >= 15 is 0 Å². The minimum atomic E-state index is -1.24. The summed E-state index contributed by atoms with van der Waals surface area (Å²) in [5, 5.41) is 0.357. The van der Waals surface area contributed by atoms with Crippen LogP contribution in [0.5, 0.6) is 0 Å². The van der Waals surface area contributed by atoms with Gasteiger partial charge in [-0.2, -0.15) is 0 Å². The third-order valence-corrected chi connectivity index (χ3v) is 5.24. The summed E-state index contributed by atoms with van der Waals surface area (Å²) in [4.78, 5) is 15.8. The summed E-state index contributed by atoms with van der Waals surface area (Å²) in [5.74, 6) is -4.37. The van der Waals surface area contributed by atoms with Gasteiger partial charge in [-0.15, -0.1) is 0 Å². The summed E-state index contributed by atoms with van der Waals surface area (Å²) in [6.07, 6.45) is 0.754. The van der Waals surface area contributed by atoms with Crippen LogP contribution in [0.15, 0.2) is 41.6 Å². The van der Waals surface area contributed by atoms with Gasteiger partial charge in [0.1, 0.15) is 17.9 Å². The summed E-state index contributed by atoms with van der Waals surface area (Å²) in [5.41, 5.74) is 1.30. The van der Waals surface area contributed by atoms with Crippen LogP contribution >= 0.6 is 11.8 Å². The number of hydrogen-bond donors (Lipinski definition) is 0. The van der Waals surface area contributed by atoms with Gasteiger partial charge in [-0.1, -0.05) is 18.7 Å². The normalized spacial score (nSPS) is 12.2. The molecule has 3 rings (SSSR count). The molecule has 1 heterocycles. The molecule has 3 nitrogen and oxygen atoms in total. The highest BCUT2D eigenvalue weighted by Crippen LogP contribution is 2.32. The first-order valence-corrected chi connectivity index (χ1v) is 9.37. The van der Waals surface area contributed by atoms with Crippen molar-refractivity contribution in [2.45, 2.75) is 30.7 Å². The maximum absolute atomic E-state index is 14.0. The van der Waals surface area contributed by atoms with Gasteiger partial charge in [-0.05, 0) is 43.3 Å². The molecule has 0 aliphatic rings. The number of aldehydes is 1. The predicted molar refractivity (Wildman–Crippen MR) is 98.6 cm³/mol. The minimum absolute atomic E-state index is 0.206. The Hall–Kier alpha value is -2.61. The Morgan fingerprint density at radius 3 is 2.36 bits per heavy atom. The zero-order valence-corrected chi connectivity index (χ0v) is 15.9. The molecular formula is C20H16F4N2OS. The second-order valence-corrected chi connectivity index (χ2v) is 7.15. The lowest BCUT2D eigenvalue weighted by Crippen LogP contribution is -2.07. The Morgan fingerprint density at radius 1 is 1.07 bits per heavy atom. The molecule has 0 amide bonds. The van der Waals surface area contributed by atoms with Gasteiger partial charge in [-0.3, -0.25) is 4.57 Å². The van der Waals surface area contributed by atoms with Crippen molar-refractivity contribution >= 4 is 18.0 Å². The zero-order chi connectivity index (χ0) is 20.4. The number of carbonyl (C=O) groups is 1. The fourth-order valence-corrected chi connectivity index (χ4v) is 3.96. The number of thioether (sulfide) groups is 1. The number of benzene rings is 2. The molecular weight excluding hydrogens is 392 g/mol. The van der Waals surface area contributed by atoms with Crippen LogP contribution in [0, 0.1) is 30.2 Å². The molecule has 0 aliphatic carbocycles. The van der Waals surface area contributed by atoms with E-state index in [1.165, 1.54) is 24.3 Å². The molecule has 0 radical (unpaired) electrons. The first-order chi connectivity index (χ1) is 13.3. The first kappa shape index (κ1) is 20.1. The summed E-state index contributed by atoms with van der Waals surface area (Å²) < 4.78 is 56.3. The number of imidazole rings is 1. The molecule has 1 atom stereocenters. The van der Waals surface area contributed by atoms with Crippen LogP contribution < -0.4 is 0 Å². The lowest BCUT2D eigenvalue weighted by Gasteiger charge is -2.14. The molecule has 0 saturated heterocycles. The highest BCUT2D eigenvalue weighted by Gasteiger charge is 2.22. The van der Waals surface area contributed by atoms with E-state index in [-0.39, 0.29) is 5.75 Å². The zero-order valence-electron chi connectivity index (χ0n) is 15.0. The van der Waals surface area contributed by atoms with E-state index in [2.05, 4.69) is 4.98 Å². The minimum Gasteiger partial charge on any atom is -0.303 e. The topological polar surface area (TPSA) is 34.9 Å². The number of aryl methyl sites for hydroxylation is 1. The maximum atomic E-state index is 14.0. The highest BCUT2D eigenvalue weighted by molar-refractivity contribution is 7.98. The van der Waals surface area contributed by atoms with E-state index in [9.17, 15) is 22.4 Å². The molecule has 0 saturated carbocycles. The van der Waals surface area contributed by atoms with Crippen LogP contribution in [0.4, 0.5) is 17.6 Å². The van der Waals surface area contributed by atoms with Crippen molar-refractivity contribution in [3.8, 4) is 5.69 Å². The third-order valence-electron chi connectivity index (χ3n) is 4.27. The predicted octanol–water partition coefficient (Wildman–Crippen LogP) is 5.33. The molecule has 3 aromatic rings. The van der Waals surface area contributed by atoms with E-state index in [1.54, 1.807) is 18.4 Å². The van der Waals surface area contributed by atoms with Crippen molar-refractivity contribution in [2.75, 3.05) is 0 Å². The van der Waals surface area contributed by atoms with Crippen molar-refractivity contribution in [3.05, 3.63) is 76.6 Å². The number of hydrogen-bond acceptors (Lipinski definition) is 3. The fourth-order valence-electron chi connectivity index (χ4n) is 2.89. The number of halogens is 4. The first-order valence-electron chi connectivity index (χ1n) is 8.39. The Labute approximate surface area is 163 Å². The van der Waals surface area contributed by atoms with E-state index in [0.717, 1.165) is 30.2 Å². The van der Waals surface area contributed by atoms with Crippen molar-refractivity contribution in [2.24, 2.45) is 0 Å². The van der Waals surface area contributed by atoms with Crippen LogP contribution in [0.3, 0.4) is 0 Å². The fraction of sp³-hybridized carbons (Fsp3) is 0.200. The van der Waals surface area contributed by atoms with Gasteiger partial charge in [0.05, 0.1) is 17.3 Å². The summed E-state index contributed by atoms with van der Waals surface area (Å²) in [6.45, 7) is 3.40. The van der Waals surface area contributed by atoms with E-state index in [1.807, 2.05) is 0 Å². The number of aromatic nitrogens is 2. The summed E-state index contributed by atoms with van der Waals surface area (Å²) in [6, 6.07) is 7.16. The van der Waals surface area contributed by atoms with Crippen LogP contribution in [-0.4, -0.2) is 15.8 Å². The van der Waals surface area contributed by atoms with E-state index in [0.29, 0.717) is 22.2 Å². The average molecular weight is 408 g/mol. The van der Waals surface area contributed by atoms with Crippen molar-refractivity contribution < 1.29 is 22.4 Å². The van der Waals surface area contributed by atoms with E-state index in [4.69, 9.17) is 0 Å². The van der Waals surface area contributed by atoms with Crippen molar-refractivity contribution in [1.29, 1.82) is 0 Å². The lowest BCUT2D eigenvalue weighted by atomic mass is 10.1. The monoisotopic (exact) mass is 408 g/mol. The summed E-state index contributed by atoms with van der Waals surface area (Å²) >= 11 is 0.995. The Morgan fingerprint density at radius 2 is 1.71 bits per heavy atom. The molecule has 0 aliphatic heterocycles. The van der Waals surface area contributed by atoms with Gasteiger partial charge in [0.15, 0.2) is 16.8 Å². The number of carbonyl (C=O) groups excluding carboxylic acids is 1. The molecule has 1 aromatic heterocycles. The van der Waals surface area contributed by atoms with Crippen LogP contribution in [-0.2, 0) is 10.5 Å². The molecule has 2 aromatic carbocycles. The van der Waals surface area contributed by atoms with E-state index < -0.39 is 34.8 Å². The smallest absolute Gasteiger partial charge is 0.173 e. The lowest BCUT2D eigenvalue weighted by molar-refractivity contribution is -0.108. The van der Waals surface area contributed by atoms with Crippen LogP contribution in [0.2, 0.25) is 0 Å². The van der Waals surface area contributed by atoms with Crippen molar-refractivity contribution in [1.82, 2.24) is 9.55 Å². The highest BCUT2D eigenvalue weighted by atomic mass is 32.2. The molecule has 28 heavy (non-hydrogen) atoms. The Balaban J connectivity index is 2.05. The van der Waals surface area contributed by atoms with Gasteiger partial charge in [0.25, 0.3) is 0 Å². The molecule has 0 N–H and O–H groups in total. The largest absolute Gasteiger partial charge is 0.303 e. The second kappa shape index (κ2) is 8.18. The van der Waals surface area contributed by atoms with Crippen LogP contribution in [0.25, 0.3) is 5.69 Å². The van der Waals surface area contributed by atoms with Gasteiger partial charge in [0.2, 0.25) is 0 Å². The maximum Gasteiger partial charge on any atom is 0.173 e. The SMILES string of the molecule is Cc1nc(SCc2c(F)ccc(F)c2F)n(-c2ccc(F)cc2)c1C(C)C=O. The Bertz CT molecular complexity index is 1020. The van der Waals surface area contributed by atoms with Gasteiger partial charge in [0, 0.05) is 17.0 Å². The average Bonchev–Trinajstić information content (AvgIpc) is 3.01. The third kappa shape index (κ3) is 3.82. The standard InChI is InChI=1S/C20H16F4N2OS/c1-11(9-27)19-12(2)25-20(26(19)14-5-3-13(21)4-6-14)28-10-15-16(22)7-8-17(23)18(15)24/h3-9,11H,10H2,1-2H3. The molecule has 0 bridgehead atoms. The van der Waals surface area contributed by atoms with Gasteiger partial charge >= 0.3 is 0 Å². The number of nitrogens with zero attached hydrogens (tertiary/aromatic N) is 2. The quantitative estimate of drug-likeness (QED) is 0.239. The van der Waals surface area contributed by atoms with Gasteiger partial charge < -0.3 is 4.79 Å². The Kier molecular flexibility index (Phi) is 5.88. The van der Waals surface area contributed by atoms with Gasteiger partial charge in [-0.25, -0.2) is 22.5 Å². The molecule has 8 heteroatoms. The molecule has 146 valence electrons. The van der Waals surface area contributed by atoms with Crippen molar-refractivity contribution in [3.63, 3.8) is 0 Å². The molecule has 0 fully saturated rings. The van der Waals surface area contributed by atoms with Crippen LogP contribution in [0.1, 0.15) is 29.8 Å². The second-order valence-electron chi connectivity index (χ2n) is 6.21. The molecule has 0 spiro atoms.